The number of ether oxygens (including phenoxy) is 1. The van der Waals surface area contributed by atoms with Gasteiger partial charge in [-0.05, 0) is 55.6 Å². The summed E-state index contributed by atoms with van der Waals surface area (Å²) in [6, 6.07) is 5.56. The fourth-order valence-electron chi connectivity index (χ4n) is 5.77. The number of rotatable bonds is 6. The van der Waals surface area contributed by atoms with Crippen molar-refractivity contribution >= 4 is 23.6 Å². The summed E-state index contributed by atoms with van der Waals surface area (Å²) < 4.78 is 5.13. The molecule has 0 N–H and O–H groups in total. The molecule has 2 amide bonds. The minimum absolute atomic E-state index is 0.0237. The van der Waals surface area contributed by atoms with Gasteiger partial charge in [0, 0.05) is 12.1 Å². The topological polar surface area (TPSA) is 80.8 Å². The third kappa shape index (κ3) is 2.92. The van der Waals surface area contributed by atoms with Crippen LogP contribution in [0.1, 0.15) is 34.3 Å². The van der Waals surface area contributed by atoms with E-state index in [1.54, 1.807) is 6.07 Å². The minimum atomic E-state index is -0.576. The Kier molecular flexibility index (Phi) is 4.42. The minimum Gasteiger partial charge on any atom is -0.457 e. The van der Waals surface area contributed by atoms with Gasteiger partial charge in [-0.2, -0.15) is 0 Å². The van der Waals surface area contributed by atoms with Gasteiger partial charge in [0.2, 0.25) is 17.6 Å². The molecule has 5 aliphatic rings. The molecule has 6 atom stereocenters. The van der Waals surface area contributed by atoms with Gasteiger partial charge >= 0.3 is 5.97 Å². The summed E-state index contributed by atoms with van der Waals surface area (Å²) in [6.45, 7) is 3.42. The predicted octanol–water partition coefficient (Wildman–Crippen LogP) is 2.47. The Morgan fingerprint density at radius 1 is 1.03 bits per heavy atom. The highest BCUT2D eigenvalue weighted by Gasteiger charge is 2.66. The van der Waals surface area contributed by atoms with Crippen molar-refractivity contribution in [2.75, 3.05) is 13.2 Å². The molecule has 156 valence electrons. The molecular weight excluding hydrogens is 382 g/mol. The molecule has 2 bridgehead atoms. The van der Waals surface area contributed by atoms with Crippen LogP contribution < -0.4 is 0 Å². The lowest BCUT2D eigenvalue weighted by atomic mass is 9.63. The molecule has 1 aromatic rings. The van der Waals surface area contributed by atoms with E-state index in [4.69, 9.17) is 4.74 Å². The Bertz CT molecular complexity index is 959. The number of amides is 2. The number of benzene rings is 1. The number of imide groups is 1. The van der Waals surface area contributed by atoms with Gasteiger partial charge in [-0.3, -0.25) is 24.1 Å². The van der Waals surface area contributed by atoms with Gasteiger partial charge in [-0.25, -0.2) is 0 Å². The van der Waals surface area contributed by atoms with Crippen LogP contribution in [-0.4, -0.2) is 41.6 Å². The number of carbonyl (C=O) groups is 4. The monoisotopic (exact) mass is 407 g/mol. The van der Waals surface area contributed by atoms with E-state index in [1.165, 1.54) is 4.90 Å². The number of esters is 1. The van der Waals surface area contributed by atoms with Crippen molar-refractivity contribution in [2.45, 2.75) is 26.7 Å². The lowest BCUT2D eigenvalue weighted by molar-refractivity contribution is -0.145. The number of likely N-dealkylation sites (tertiary alicyclic amines) is 1. The average molecular weight is 407 g/mol. The molecule has 1 aromatic carbocycles. The van der Waals surface area contributed by atoms with Gasteiger partial charge in [0.1, 0.15) is 0 Å². The van der Waals surface area contributed by atoms with Crippen LogP contribution >= 0.6 is 0 Å². The SMILES string of the molecule is Cc1ccc(C)c(C(=O)COC(=O)CCN2C(=O)[C@H]3[C@@H]4C=C[C@H]([C@H]5C[C@H]45)[C@@H]3C2=O)c1. The first-order valence-corrected chi connectivity index (χ1v) is 10.7. The Morgan fingerprint density at radius 2 is 1.67 bits per heavy atom. The molecule has 4 aliphatic carbocycles. The molecule has 3 fully saturated rings. The first-order valence-electron chi connectivity index (χ1n) is 10.7. The number of carbonyl (C=O) groups excluding carboxylic acids is 4. The van der Waals surface area contributed by atoms with Gasteiger partial charge in [0.05, 0.1) is 18.3 Å². The number of aryl methyl sites for hydroxylation is 2. The number of hydrogen-bond acceptors (Lipinski definition) is 5. The largest absolute Gasteiger partial charge is 0.457 e. The fraction of sp³-hybridized carbons (Fsp3) is 0.500. The first kappa shape index (κ1) is 19.2. The van der Waals surface area contributed by atoms with E-state index in [-0.39, 0.29) is 60.8 Å². The number of hydrogen-bond donors (Lipinski definition) is 0. The van der Waals surface area contributed by atoms with Crippen LogP contribution in [0.15, 0.2) is 30.4 Å². The second kappa shape index (κ2) is 6.89. The lowest BCUT2D eigenvalue weighted by Gasteiger charge is -2.37. The Labute approximate surface area is 175 Å². The third-order valence-corrected chi connectivity index (χ3v) is 7.35. The van der Waals surface area contributed by atoms with Crippen LogP contribution in [0, 0.1) is 49.4 Å². The smallest absolute Gasteiger partial charge is 0.308 e. The maximum atomic E-state index is 12.9. The molecule has 1 saturated heterocycles. The van der Waals surface area contributed by atoms with Crippen molar-refractivity contribution in [3.05, 3.63) is 47.0 Å². The number of nitrogens with zero attached hydrogens (tertiary/aromatic N) is 1. The van der Waals surface area contributed by atoms with Crippen LogP contribution in [0.4, 0.5) is 0 Å². The maximum Gasteiger partial charge on any atom is 0.308 e. The van der Waals surface area contributed by atoms with Crippen LogP contribution in [0.25, 0.3) is 0 Å². The Balaban J connectivity index is 1.17. The van der Waals surface area contributed by atoms with Crippen LogP contribution in [-0.2, 0) is 19.1 Å². The van der Waals surface area contributed by atoms with Gasteiger partial charge in [-0.15, -0.1) is 0 Å². The molecule has 2 saturated carbocycles. The molecule has 0 spiro atoms. The van der Waals surface area contributed by atoms with Crippen LogP contribution in [0.2, 0.25) is 0 Å². The molecule has 1 heterocycles. The molecule has 30 heavy (non-hydrogen) atoms. The van der Waals surface area contributed by atoms with Gasteiger partial charge in [0.25, 0.3) is 0 Å². The van der Waals surface area contributed by atoms with Crippen molar-refractivity contribution < 1.29 is 23.9 Å². The van der Waals surface area contributed by atoms with Gasteiger partial charge < -0.3 is 4.74 Å². The quantitative estimate of drug-likeness (QED) is 0.313. The first-order chi connectivity index (χ1) is 14.4. The zero-order chi connectivity index (χ0) is 21.2. The van der Waals surface area contributed by atoms with Crippen molar-refractivity contribution in [1.82, 2.24) is 4.90 Å². The number of ketones is 1. The normalized spacial score (nSPS) is 32.8. The highest BCUT2D eigenvalue weighted by atomic mass is 16.5. The van der Waals surface area contributed by atoms with E-state index in [9.17, 15) is 19.2 Å². The van der Waals surface area contributed by atoms with E-state index < -0.39 is 5.97 Å². The summed E-state index contributed by atoms with van der Waals surface area (Å²) in [5.41, 5.74) is 2.33. The fourth-order valence-corrected chi connectivity index (χ4v) is 5.77. The number of allylic oxidation sites excluding steroid dienone is 2. The Morgan fingerprint density at radius 3 is 2.30 bits per heavy atom. The zero-order valence-electron chi connectivity index (χ0n) is 17.2. The summed E-state index contributed by atoms with van der Waals surface area (Å²) in [6.07, 6.45) is 5.28. The maximum absolute atomic E-state index is 12.9. The molecule has 0 radical (unpaired) electrons. The summed E-state index contributed by atoms with van der Waals surface area (Å²) in [7, 11) is 0. The van der Waals surface area contributed by atoms with Crippen molar-refractivity contribution in [2.24, 2.45) is 35.5 Å². The van der Waals surface area contributed by atoms with Crippen molar-refractivity contribution in [3.8, 4) is 0 Å². The Hall–Kier alpha value is -2.76. The highest BCUT2D eigenvalue weighted by molar-refractivity contribution is 6.06. The molecule has 1 aliphatic heterocycles. The van der Waals surface area contributed by atoms with Gasteiger partial charge in [-0.1, -0.05) is 29.8 Å². The average Bonchev–Trinajstić information content (AvgIpc) is 3.51. The van der Waals surface area contributed by atoms with E-state index in [2.05, 4.69) is 12.2 Å². The summed E-state index contributed by atoms with van der Waals surface area (Å²) in [5.74, 6) is -0.168. The zero-order valence-corrected chi connectivity index (χ0v) is 17.2. The molecule has 6 nitrogen and oxygen atoms in total. The number of Topliss-reactive ketones (excluding diaryl/α,β-unsaturated/α-hetero) is 1. The van der Waals surface area contributed by atoms with E-state index in [1.807, 2.05) is 26.0 Å². The van der Waals surface area contributed by atoms with Crippen LogP contribution in [0.5, 0.6) is 0 Å². The molecular formula is C24H25NO5. The second-order valence-corrected chi connectivity index (χ2v) is 9.13. The van der Waals surface area contributed by atoms with Crippen molar-refractivity contribution in [3.63, 3.8) is 0 Å². The molecule has 0 aromatic heterocycles. The third-order valence-electron chi connectivity index (χ3n) is 7.35. The standard InChI is InChI=1S/C24H25NO5/c1-12-3-4-13(2)16(9-12)19(26)11-30-20(27)7-8-25-23(28)21-14-5-6-15(18-10-17(14)18)22(21)24(25)29/h3-6,9,14-15,17-18,21-22H,7-8,10-11H2,1-2H3/t14-,15-,17-,18-,21+,22+/m1/s1. The van der Waals surface area contributed by atoms with Crippen molar-refractivity contribution in [1.29, 1.82) is 0 Å². The summed E-state index contributed by atoms with van der Waals surface area (Å²) in [4.78, 5) is 51.6. The van der Waals surface area contributed by atoms with E-state index >= 15 is 0 Å². The molecule has 0 unspecified atom stereocenters. The summed E-state index contributed by atoms with van der Waals surface area (Å²) in [5, 5.41) is 0. The predicted molar refractivity (Wildman–Crippen MR) is 107 cm³/mol. The summed E-state index contributed by atoms with van der Waals surface area (Å²) >= 11 is 0. The van der Waals surface area contributed by atoms with Gasteiger partial charge in [0.15, 0.2) is 6.61 Å². The lowest BCUT2D eigenvalue weighted by Crippen LogP contribution is -2.40. The second-order valence-electron chi connectivity index (χ2n) is 9.13. The van der Waals surface area contributed by atoms with Crippen LogP contribution in [0.3, 0.4) is 0 Å². The molecule has 6 heteroatoms. The highest BCUT2D eigenvalue weighted by Crippen LogP contribution is 2.65. The van der Waals surface area contributed by atoms with E-state index in [0.29, 0.717) is 17.4 Å². The molecule has 6 rings (SSSR count). The van der Waals surface area contributed by atoms with E-state index in [0.717, 1.165) is 17.5 Å².